The van der Waals surface area contributed by atoms with Gasteiger partial charge in [-0.25, -0.2) is 4.79 Å². The van der Waals surface area contributed by atoms with Crippen molar-refractivity contribution < 1.29 is 14.3 Å². The Hall–Kier alpha value is -2.23. The molecule has 86 valence electrons. The molecular weight excluding hydrogens is 218 g/mol. The molecule has 0 atom stereocenters. The van der Waals surface area contributed by atoms with Crippen molar-refractivity contribution in [1.82, 2.24) is 4.57 Å². The number of benzene rings is 1. The fraction of sp³-hybridized carbons (Fsp3) is 0.154. The summed E-state index contributed by atoms with van der Waals surface area (Å²) in [6.07, 6.45) is 0. The summed E-state index contributed by atoms with van der Waals surface area (Å²) in [4.78, 5) is 11.6. The number of carbonyl (C=O) groups excluding carboxylic acids is 1. The molecule has 4 heteroatoms. The number of hydrogen-bond acceptors (Lipinski definition) is 3. The smallest absolute Gasteiger partial charge is 0.355 e. The molecule has 1 aromatic carbocycles. The van der Waals surface area contributed by atoms with Crippen LogP contribution in [0.25, 0.3) is 16.6 Å². The third-order valence-electron chi connectivity index (χ3n) is 2.90. The minimum atomic E-state index is -0.312. The molecule has 0 N–H and O–H groups in total. The zero-order valence-corrected chi connectivity index (χ0v) is 9.40. The molecule has 1 aliphatic heterocycles. The van der Waals surface area contributed by atoms with E-state index in [9.17, 15) is 4.79 Å². The van der Waals surface area contributed by atoms with Crippen molar-refractivity contribution in [3.8, 4) is 5.75 Å². The number of methoxy groups -OCH3 is 1. The topological polar surface area (TPSA) is 40.5 Å². The standard InChI is InChI=1S/C13H11NO3/c1-8-7-17-13(15)12-6-9-5-10(16-2)3-4-11(9)14(8)12/h3-6H,1,7H2,2H3. The van der Waals surface area contributed by atoms with Gasteiger partial charge in [0.25, 0.3) is 0 Å². The lowest BCUT2D eigenvalue weighted by Gasteiger charge is -2.18. The van der Waals surface area contributed by atoms with E-state index in [1.165, 1.54) is 0 Å². The predicted octanol–water partition coefficient (Wildman–Crippen LogP) is 2.29. The van der Waals surface area contributed by atoms with Gasteiger partial charge in [-0.3, -0.25) is 0 Å². The third kappa shape index (κ3) is 1.34. The molecule has 17 heavy (non-hydrogen) atoms. The van der Waals surface area contributed by atoms with Gasteiger partial charge in [-0.05, 0) is 24.3 Å². The Balaban J connectivity index is 2.33. The number of ether oxygens (including phenoxy) is 2. The number of esters is 1. The van der Waals surface area contributed by atoms with Crippen molar-refractivity contribution in [3.05, 3.63) is 36.5 Å². The molecule has 0 spiro atoms. The maximum atomic E-state index is 11.6. The van der Waals surface area contributed by atoms with Gasteiger partial charge in [-0.1, -0.05) is 6.58 Å². The molecule has 0 aliphatic carbocycles. The van der Waals surface area contributed by atoms with Crippen LogP contribution in [0, 0.1) is 0 Å². The maximum Gasteiger partial charge on any atom is 0.355 e. The van der Waals surface area contributed by atoms with Crippen LogP contribution in [0.2, 0.25) is 0 Å². The predicted molar refractivity (Wildman–Crippen MR) is 64.1 cm³/mol. The highest BCUT2D eigenvalue weighted by atomic mass is 16.5. The molecule has 0 amide bonds. The van der Waals surface area contributed by atoms with Gasteiger partial charge in [-0.2, -0.15) is 0 Å². The van der Waals surface area contributed by atoms with Gasteiger partial charge >= 0.3 is 5.97 Å². The summed E-state index contributed by atoms with van der Waals surface area (Å²) in [6.45, 7) is 4.15. The maximum absolute atomic E-state index is 11.6. The first-order valence-corrected chi connectivity index (χ1v) is 5.25. The van der Waals surface area contributed by atoms with Crippen LogP contribution in [0.3, 0.4) is 0 Å². The van der Waals surface area contributed by atoms with Gasteiger partial charge in [0.15, 0.2) is 0 Å². The monoisotopic (exact) mass is 229 g/mol. The average molecular weight is 229 g/mol. The average Bonchev–Trinajstić information content (AvgIpc) is 2.73. The van der Waals surface area contributed by atoms with Gasteiger partial charge < -0.3 is 14.0 Å². The normalized spacial score (nSPS) is 14.6. The Kier molecular flexibility index (Phi) is 1.98. The van der Waals surface area contributed by atoms with Crippen LogP contribution in [0.5, 0.6) is 5.75 Å². The van der Waals surface area contributed by atoms with E-state index in [1.807, 2.05) is 22.8 Å². The first-order valence-electron chi connectivity index (χ1n) is 5.25. The van der Waals surface area contributed by atoms with Crippen molar-refractivity contribution in [1.29, 1.82) is 0 Å². The first-order chi connectivity index (χ1) is 8.20. The first kappa shape index (κ1) is 9.96. The Morgan fingerprint density at radius 3 is 3.00 bits per heavy atom. The molecular formula is C13H11NO3. The minimum absolute atomic E-state index is 0.238. The second kappa shape index (κ2) is 3.38. The minimum Gasteiger partial charge on any atom is -0.497 e. The summed E-state index contributed by atoms with van der Waals surface area (Å²) in [5.74, 6) is 0.451. The summed E-state index contributed by atoms with van der Waals surface area (Å²) < 4.78 is 12.0. The van der Waals surface area contributed by atoms with Crippen LogP contribution in [0.15, 0.2) is 30.8 Å². The van der Waals surface area contributed by atoms with Gasteiger partial charge in [0.05, 0.1) is 18.3 Å². The molecule has 3 rings (SSSR count). The lowest BCUT2D eigenvalue weighted by atomic mass is 10.2. The van der Waals surface area contributed by atoms with E-state index < -0.39 is 0 Å². The number of hydrogen-bond donors (Lipinski definition) is 0. The van der Waals surface area contributed by atoms with Crippen LogP contribution < -0.4 is 4.74 Å². The molecule has 2 heterocycles. The largest absolute Gasteiger partial charge is 0.497 e. The number of carbonyl (C=O) groups is 1. The lowest BCUT2D eigenvalue weighted by molar-refractivity contribution is 0.0521. The fourth-order valence-electron chi connectivity index (χ4n) is 2.10. The van der Waals surface area contributed by atoms with Gasteiger partial charge in [-0.15, -0.1) is 0 Å². The van der Waals surface area contributed by atoms with Gasteiger partial charge in [0, 0.05) is 5.39 Å². The Bertz CT molecular complexity index is 639. The van der Waals surface area contributed by atoms with Gasteiger partial charge in [0.2, 0.25) is 0 Å². The fourth-order valence-corrected chi connectivity index (χ4v) is 2.10. The second-order valence-corrected chi connectivity index (χ2v) is 3.93. The third-order valence-corrected chi connectivity index (χ3v) is 2.90. The Labute approximate surface area is 98.1 Å². The van der Waals surface area contributed by atoms with Crippen LogP contribution >= 0.6 is 0 Å². The zero-order valence-electron chi connectivity index (χ0n) is 9.40. The van der Waals surface area contributed by atoms with E-state index in [1.54, 1.807) is 13.2 Å². The van der Waals surface area contributed by atoms with Crippen molar-refractivity contribution in [3.63, 3.8) is 0 Å². The quantitative estimate of drug-likeness (QED) is 0.704. The summed E-state index contributed by atoms with van der Waals surface area (Å²) in [7, 11) is 1.62. The van der Waals surface area contributed by atoms with E-state index >= 15 is 0 Å². The molecule has 1 aliphatic rings. The number of aromatic nitrogens is 1. The Morgan fingerprint density at radius 1 is 1.41 bits per heavy atom. The van der Waals surface area contributed by atoms with E-state index in [0.29, 0.717) is 5.69 Å². The van der Waals surface area contributed by atoms with Crippen molar-refractivity contribution in [2.45, 2.75) is 0 Å². The highest BCUT2D eigenvalue weighted by molar-refractivity contribution is 6.00. The molecule has 2 aromatic rings. The van der Waals surface area contributed by atoms with Crippen molar-refractivity contribution in [2.75, 3.05) is 13.7 Å². The number of rotatable bonds is 1. The summed E-state index contributed by atoms with van der Waals surface area (Å²) in [5, 5.41) is 0.944. The van der Waals surface area contributed by atoms with Crippen LogP contribution in [0.1, 0.15) is 10.5 Å². The lowest BCUT2D eigenvalue weighted by Crippen LogP contribution is -2.20. The summed E-state index contributed by atoms with van der Waals surface area (Å²) in [5.41, 5.74) is 2.23. The molecule has 1 aromatic heterocycles. The molecule has 0 radical (unpaired) electrons. The molecule has 0 bridgehead atoms. The SMILES string of the molecule is C=C1COC(=O)c2cc3cc(OC)ccc3n21. The molecule has 0 saturated carbocycles. The highest BCUT2D eigenvalue weighted by Gasteiger charge is 2.23. The van der Waals surface area contributed by atoms with Crippen molar-refractivity contribution >= 4 is 22.6 Å². The molecule has 0 saturated heterocycles. The number of fused-ring (bicyclic) bond motifs is 3. The molecule has 0 unspecified atom stereocenters. The van der Waals surface area contributed by atoms with E-state index in [2.05, 4.69) is 6.58 Å². The second-order valence-electron chi connectivity index (χ2n) is 3.93. The number of nitrogens with zero attached hydrogens (tertiary/aromatic N) is 1. The van der Waals surface area contributed by atoms with E-state index in [4.69, 9.17) is 9.47 Å². The zero-order chi connectivity index (χ0) is 12.0. The summed E-state index contributed by atoms with van der Waals surface area (Å²) >= 11 is 0. The van der Waals surface area contributed by atoms with Crippen LogP contribution in [0.4, 0.5) is 0 Å². The highest BCUT2D eigenvalue weighted by Crippen LogP contribution is 2.29. The van der Waals surface area contributed by atoms with Gasteiger partial charge in [0.1, 0.15) is 18.1 Å². The van der Waals surface area contributed by atoms with E-state index in [-0.39, 0.29) is 12.6 Å². The van der Waals surface area contributed by atoms with E-state index in [0.717, 1.165) is 22.3 Å². The summed E-state index contributed by atoms with van der Waals surface area (Å²) in [6, 6.07) is 7.47. The molecule has 0 fully saturated rings. The van der Waals surface area contributed by atoms with Crippen molar-refractivity contribution in [2.24, 2.45) is 0 Å². The van der Waals surface area contributed by atoms with Crippen LogP contribution in [-0.4, -0.2) is 24.3 Å². The van der Waals surface area contributed by atoms with Crippen LogP contribution in [-0.2, 0) is 4.74 Å². The number of cyclic esters (lactones) is 1. The molecule has 4 nitrogen and oxygen atoms in total. The Morgan fingerprint density at radius 2 is 2.24 bits per heavy atom.